The summed E-state index contributed by atoms with van der Waals surface area (Å²) in [5.41, 5.74) is -0.0579. The van der Waals surface area contributed by atoms with Gasteiger partial charge in [-0.1, -0.05) is 0 Å². The highest BCUT2D eigenvalue weighted by Crippen LogP contribution is 2.20. The first-order chi connectivity index (χ1) is 8.58. The smallest absolute Gasteiger partial charge is 0.339 e. The van der Waals surface area contributed by atoms with Gasteiger partial charge in [0.2, 0.25) is 0 Å². The largest absolute Gasteiger partial charge is 0.483 e. The molecule has 0 aliphatic rings. The van der Waals surface area contributed by atoms with Crippen LogP contribution in [0.2, 0.25) is 0 Å². The van der Waals surface area contributed by atoms with Gasteiger partial charge in [0.05, 0.1) is 6.26 Å². The van der Waals surface area contributed by atoms with Gasteiger partial charge in [-0.25, -0.2) is 13.6 Å². The molecule has 0 aliphatic heterocycles. The van der Waals surface area contributed by atoms with E-state index in [1.807, 2.05) is 0 Å². The summed E-state index contributed by atoms with van der Waals surface area (Å²) in [5, 5.41) is 8.80. The Morgan fingerprint density at radius 2 is 2.11 bits per heavy atom. The van der Waals surface area contributed by atoms with E-state index in [0.717, 1.165) is 12.1 Å². The molecule has 0 fully saturated rings. The van der Waals surface area contributed by atoms with Crippen LogP contribution in [0.4, 0.5) is 8.78 Å². The number of aromatic carboxylic acids is 1. The van der Waals surface area contributed by atoms with Crippen LogP contribution >= 0.6 is 0 Å². The third-order valence-electron chi connectivity index (χ3n) is 2.23. The van der Waals surface area contributed by atoms with Crippen molar-refractivity contribution >= 4 is 5.97 Å². The van der Waals surface area contributed by atoms with Crippen LogP contribution in [0.3, 0.4) is 0 Å². The number of carbonyl (C=O) groups is 1. The molecule has 1 heterocycles. The molecule has 0 saturated carbocycles. The van der Waals surface area contributed by atoms with Crippen molar-refractivity contribution in [2.24, 2.45) is 0 Å². The molecule has 0 atom stereocenters. The number of hydrogen-bond donors (Lipinski definition) is 1. The third kappa shape index (κ3) is 2.48. The van der Waals surface area contributed by atoms with Crippen LogP contribution in [0, 0.1) is 11.6 Å². The Morgan fingerprint density at radius 3 is 2.78 bits per heavy atom. The Balaban J connectivity index is 2.11. The van der Waals surface area contributed by atoms with Gasteiger partial charge in [-0.05, 0) is 18.2 Å². The van der Waals surface area contributed by atoms with Crippen LogP contribution in [0.15, 0.2) is 34.9 Å². The number of benzene rings is 1. The summed E-state index contributed by atoms with van der Waals surface area (Å²) in [4.78, 5) is 10.8. The number of rotatable bonds is 4. The van der Waals surface area contributed by atoms with Crippen LogP contribution < -0.4 is 4.74 Å². The first-order valence-electron chi connectivity index (χ1n) is 4.95. The summed E-state index contributed by atoms with van der Waals surface area (Å²) in [6.45, 7) is -0.253. The number of hydrogen-bond acceptors (Lipinski definition) is 3. The average molecular weight is 254 g/mol. The van der Waals surface area contributed by atoms with E-state index < -0.39 is 17.6 Å². The average Bonchev–Trinajstić information content (AvgIpc) is 2.76. The van der Waals surface area contributed by atoms with Crippen LogP contribution in [-0.2, 0) is 6.61 Å². The number of furan rings is 1. The molecular weight excluding hydrogens is 246 g/mol. The van der Waals surface area contributed by atoms with Crippen molar-refractivity contribution in [2.75, 3.05) is 0 Å². The number of carboxylic acids is 1. The Hall–Kier alpha value is -2.37. The molecular formula is C12H8F2O4. The van der Waals surface area contributed by atoms with Crippen molar-refractivity contribution in [3.63, 3.8) is 0 Å². The molecule has 0 saturated heterocycles. The molecule has 1 aromatic heterocycles. The molecule has 0 bridgehead atoms. The molecule has 0 spiro atoms. The summed E-state index contributed by atoms with van der Waals surface area (Å²) in [5.74, 6) is -2.86. The van der Waals surface area contributed by atoms with Crippen LogP contribution in [-0.4, -0.2) is 11.1 Å². The third-order valence-corrected chi connectivity index (χ3v) is 2.23. The molecule has 0 aliphatic carbocycles. The number of halogens is 2. The highest BCUT2D eigenvalue weighted by Gasteiger charge is 2.14. The lowest BCUT2D eigenvalue weighted by atomic mass is 10.2. The second-order valence-corrected chi connectivity index (χ2v) is 3.43. The van der Waals surface area contributed by atoms with Crippen molar-refractivity contribution in [3.05, 3.63) is 53.5 Å². The fourth-order valence-corrected chi connectivity index (χ4v) is 1.38. The maximum Gasteiger partial charge on any atom is 0.339 e. The molecule has 2 aromatic rings. The van der Waals surface area contributed by atoms with E-state index in [4.69, 9.17) is 14.3 Å². The van der Waals surface area contributed by atoms with Gasteiger partial charge in [-0.2, -0.15) is 0 Å². The second-order valence-electron chi connectivity index (χ2n) is 3.43. The second kappa shape index (κ2) is 4.87. The van der Waals surface area contributed by atoms with E-state index in [9.17, 15) is 13.6 Å². The number of ether oxygens (including phenoxy) is 1. The van der Waals surface area contributed by atoms with E-state index in [1.54, 1.807) is 0 Å². The molecule has 18 heavy (non-hydrogen) atoms. The lowest BCUT2D eigenvalue weighted by molar-refractivity contribution is 0.0691. The van der Waals surface area contributed by atoms with Gasteiger partial charge in [0, 0.05) is 6.07 Å². The zero-order chi connectivity index (χ0) is 13.1. The van der Waals surface area contributed by atoms with Crippen molar-refractivity contribution in [1.29, 1.82) is 0 Å². The predicted molar refractivity (Wildman–Crippen MR) is 56.4 cm³/mol. The molecule has 1 N–H and O–H groups in total. The molecule has 0 unspecified atom stereocenters. The van der Waals surface area contributed by atoms with Crippen molar-refractivity contribution in [2.45, 2.75) is 6.61 Å². The summed E-state index contributed by atoms with van der Waals surface area (Å²) in [6.07, 6.45) is 1.20. The molecule has 1 aromatic carbocycles. The minimum Gasteiger partial charge on any atom is -0.483 e. The summed E-state index contributed by atoms with van der Waals surface area (Å²) >= 11 is 0. The van der Waals surface area contributed by atoms with Crippen molar-refractivity contribution in [1.82, 2.24) is 0 Å². The van der Waals surface area contributed by atoms with Crippen LogP contribution in [0.1, 0.15) is 16.1 Å². The number of carboxylic acid groups (broad SMARTS) is 1. The molecule has 94 valence electrons. The van der Waals surface area contributed by atoms with Crippen molar-refractivity contribution in [3.8, 4) is 5.75 Å². The summed E-state index contributed by atoms with van der Waals surface area (Å²) in [7, 11) is 0. The molecule has 0 amide bonds. The zero-order valence-electron chi connectivity index (χ0n) is 9.02. The maximum absolute atomic E-state index is 13.2. The Morgan fingerprint density at radius 1 is 1.33 bits per heavy atom. The van der Waals surface area contributed by atoms with Gasteiger partial charge in [-0.3, -0.25) is 0 Å². The molecule has 0 radical (unpaired) electrons. The van der Waals surface area contributed by atoms with E-state index in [1.165, 1.54) is 12.3 Å². The van der Waals surface area contributed by atoms with E-state index in [0.29, 0.717) is 6.07 Å². The van der Waals surface area contributed by atoms with E-state index >= 15 is 0 Å². The Bertz CT molecular complexity index is 577. The summed E-state index contributed by atoms with van der Waals surface area (Å²) < 4.78 is 35.8. The van der Waals surface area contributed by atoms with Crippen LogP contribution in [0.5, 0.6) is 5.75 Å². The van der Waals surface area contributed by atoms with Gasteiger partial charge in [-0.15, -0.1) is 0 Å². The lowest BCUT2D eigenvalue weighted by Crippen LogP contribution is -2.03. The fourth-order valence-electron chi connectivity index (χ4n) is 1.38. The first kappa shape index (κ1) is 12.1. The van der Waals surface area contributed by atoms with Gasteiger partial charge in [0.1, 0.15) is 18.0 Å². The topological polar surface area (TPSA) is 59.7 Å². The maximum atomic E-state index is 13.2. The Labute approximate surface area is 100 Å². The van der Waals surface area contributed by atoms with Gasteiger partial charge in [0.25, 0.3) is 0 Å². The molecule has 4 nitrogen and oxygen atoms in total. The zero-order valence-corrected chi connectivity index (χ0v) is 9.02. The van der Waals surface area contributed by atoms with Gasteiger partial charge >= 0.3 is 5.97 Å². The lowest BCUT2D eigenvalue weighted by Gasteiger charge is -2.05. The standard InChI is InChI=1S/C12H8F2O4/c13-7-1-2-10(9(14)5-7)18-6-11-8(12(15)16)3-4-17-11/h1-5H,6H2,(H,15,16). The Kier molecular flexibility index (Phi) is 3.27. The highest BCUT2D eigenvalue weighted by molar-refractivity contribution is 5.88. The predicted octanol–water partition coefficient (Wildman–Crippen LogP) is 2.84. The highest BCUT2D eigenvalue weighted by atomic mass is 19.1. The minimum absolute atomic E-state index is 0.0579. The molecule has 6 heteroatoms. The summed E-state index contributed by atoms with van der Waals surface area (Å²) in [6, 6.07) is 4.10. The first-order valence-corrected chi connectivity index (χ1v) is 4.95. The molecule has 2 rings (SSSR count). The SMILES string of the molecule is O=C(O)c1ccoc1COc1ccc(F)cc1F. The van der Waals surface area contributed by atoms with E-state index in [2.05, 4.69) is 0 Å². The van der Waals surface area contributed by atoms with Gasteiger partial charge in [0.15, 0.2) is 17.3 Å². The van der Waals surface area contributed by atoms with Crippen LogP contribution in [0.25, 0.3) is 0 Å². The monoisotopic (exact) mass is 254 g/mol. The quantitative estimate of drug-likeness (QED) is 0.911. The normalized spacial score (nSPS) is 10.3. The van der Waals surface area contributed by atoms with Gasteiger partial charge < -0.3 is 14.3 Å². The minimum atomic E-state index is -1.16. The van der Waals surface area contributed by atoms with Crippen molar-refractivity contribution < 1.29 is 27.8 Å². The van der Waals surface area contributed by atoms with E-state index in [-0.39, 0.29) is 23.7 Å². The fraction of sp³-hybridized carbons (Fsp3) is 0.0833.